The van der Waals surface area contributed by atoms with Gasteiger partial charge in [-0.05, 0) is 30.4 Å². The van der Waals surface area contributed by atoms with Gasteiger partial charge >= 0.3 is 6.03 Å². The molecule has 1 aromatic carbocycles. The summed E-state index contributed by atoms with van der Waals surface area (Å²) in [6, 6.07) is 7.47. The van der Waals surface area contributed by atoms with Gasteiger partial charge in [0.15, 0.2) is 0 Å². The molecule has 134 valence electrons. The van der Waals surface area contributed by atoms with Gasteiger partial charge in [-0.1, -0.05) is 24.3 Å². The highest BCUT2D eigenvalue weighted by Crippen LogP contribution is 2.34. The summed E-state index contributed by atoms with van der Waals surface area (Å²) in [7, 11) is 0. The second kappa shape index (κ2) is 6.89. The summed E-state index contributed by atoms with van der Waals surface area (Å²) in [6.45, 7) is 0.153. The van der Waals surface area contributed by atoms with Crippen LogP contribution >= 0.6 is 11.3 Å². The number of aromatic nitrogens is 3. The Morgan fingerprint density at radius 2 is 2.27 bits per heavy atom. The maximum Gasteiger partial charge on any atom is 0.319 e. The van der Waals surface area contributed by atoms with E-state index in [1.807, 2.05) is 29.6 Å². The predicted octanol–water partition coefficient (Wildman–Crippen LogP) is 2.88. The lowest BCUT2D eigenvalue weighted by molar-refractivity contribution is 0.0221. The molecule has 1 aliphatic rings. The van der Waals surface area contributed by atoms with Crippen LogP contribution < -0.4 is 10.6 Å². The number of aromatic amines is 1. The van der Waals surface area contributed by atoms with Gasteiger partial charge in [-0.15, -0.1) is 11.3 Å². The first kappa shape index (κ1) is 16.7. The van der Waals surface area contributed by atoms with Crippen LogP contribution in [0.15, 0.2) is 42.0 Å². The topological polar surface area (TPSA) is 103 Å². The maximum atomic E-state index is 12.3. The Morgan fingerprint density at radius 3 is 3.12 bits per heavy atom. The summed E-state index contributed by atoms with van der Waals surface area (Å²) in [4.78, 5) is 16.6. The molecule has 1 aliphatic carbocycles. The van der Waals surface area contributed by atoms with Crippen molar-refractivity contribution >= 4 is 23.1 Å². The van der Waals surface area contributed by atoms with Crippen molar-refractivity contribution in [3.8, 4) is 10.7 Å². The number of benzene rings is 1. The standard InChI is InChI=1S/C18H19N5O2S/c24-17(22-14-10-21-23-15(14)16-19-8-9-26-16)20-11-18(25)7-3-5-12-4-1-2-6-13(12)18/h1-2,4,6,8-10,25H,3,5,7,11H2,(H,21,23)(H2,20,22,24). The summed E-state index contributed by atoms with van der Waals surface area (Å²) < 4.78 is 0. The number of amides is 2. The predicted molar refractivity (Wildman–Crippen MR) is 100.0 cm³/mol. The fourth-order valence-electron chi connectivity index (χ4n) is 3.37. The van der Waals surface area contributed by atoms with Crippen molar-refractivity contribution in [2.75, 3.05) is 11.9 Å². The molecule has 0 fully saturated rings. The minimum atomic E-state index is -1.04. The molecule has 0 radical (unpaired) electrons. The van der Waals surface area contributed by atoms with E-state index >= 15 is 0 Å². The third-order valence-electron chi connectivity index (χ3n) is 4.63. The Morgan fingerprint density at radius 1 is 1.38 bits per heavy atom. The molecular weight excluding hydrogens is 350 g/mol. The van der Waals surface area contributed by atoms with Crippen LogP contribution in [-0.2, 0) is 12.0 Å². The first-order valence-corrected chi connectivity index (χ1v) is 9.32. The van der Waals surface area contributed by atoms with Crippen molar-refractivity contribution in [3.63, 3.8) is 0 Å². The van der Waals surface area contributed by atoms with E-state index in [2.05, 4.69) is 25.8 Å². The number of nitrogens with one attached hydrogen (secondary N) is 3. The van der Waals surface area contributed by atoms with E-state index in [9.17, 15) is 9.90 Å². The zero-order chi connectivity index (χ0) is 18.0. The van der Waals surface area contributed by atoms with Crippen molar-refractivity contribution in [1.82, 2.24) is 20.5 Å². The number of hydrogen-bond acceptors (Lipinski definition) is 5. The number of hydrogen-bond donors (Lipinski definition) is 4. The van der Waals surface area contributed by atoms with Gasteiger partial charge in [0.25, 0.3) is 0 Å². The lowest BCUT2D eigenvalue weighted by Crippen LogP contribution is -2.44. The Bertz CT molecular complexity index is 908. The quantitative estimate of drug-likeness (QED) is 0.568. The Kier molecular flexibility index (Phi) is 4.44. The van der Waals surface area contributed by atoms with Crippen molar-refractivity contribution in [3.05, 3.63) is 53.2 Å². The van der Waals surface area contributed by atoms with Crippen molar-refractivity contribution in [1.29, 1.82) is 0 Å². The zero-order valence-electron chi connectivity index (χ0n) is 14.0. The van der Waals surface area contributed by atoms with Crippen molar-refractivity contribution in [2.24, 2.45) is 0 Å². The Balaban J connectivity index is 1.44. The van der Waals surface area contributed by atoms with E-state index in [0.29, 0.717) is 17.8 Å². The number of rotatable bonds is 4. The minimum absolute atomic E-state index is 0.153. The summed E-state index contributed by atoms with van der Waals surface area (Å²) in [5.41, 5.74) is 2.22. The van der Waals surface area contributed by atoms with Crippen LogP contribution in [0, 0.1) is 0 Å². The van der Waals surface area contributed by atoms with E-state index in [1.54, 1.807) is 12.4 Å². The normalized spacial score (nSPS) is 19.0. The third-order valence-corrected chi connectivity index (χ3v) is 5.42. The second-order valence-corrected chi connectivity index (χ2v) is 7.24. The first-order chi connectivity index (χ1) is 12.7. The van der Waals surface area contributed by atoms with Gasteiger partial charge in [-0.25, -0.2) is 9.78 Å². The van der Waals surface area contributed by atoms with Gasteiger partial charge in [0.1, 0.15) is 16.3 Å². The van der Waals surface area contributed by atoms with Gasteiger partial charge < -0.3 is 15.7 Å². The largest absolute Gasteiger partial charge is 0.383 e. The van der Waals surface area contributed by atoms with Crippen LogP contribution in [0.25, 0.3) is 10.7 Å². The molecular formula is C18H19N5O2S. The number of aliphatic hydroxyl groups is 1. The average molecular weight is 369 g/mol. The molecule has 2 aromatic heterocycles. The first-order valence-electron chi connectivity index (χ1n) is 8.44. The lowest BCUT2D eigenvalue weighted by Gasteiger charge is -2.34. The van der Waals surface area contributed by atoms with Crippen molar-refractivity contribution < 1.29 is 9.90 Å². The molecule has 1 atom stereocenters. The van der Waals surface area contributed by atoms with Gasteiger partial charge in [0.05, 0.1) is 18.4 Å². The molecule has 7 nitrogen and oxygen atoms in total. The summed E-state index contributed by atoms with van der Waals surface area (Å²) in [6.07, 6.45) is 5.71. The lowest BCUT2D eigenvalue weighted by atomic mass is 9.79. The molecule has 0 bridgehead atoms. The number of H-pyrrole nitrogens is 1. The van der Waals surface area contributed by atoms with E-state index in [0.717, 1.165) is 29.0 Å². The smallest absolute Gasteiger partial charge is 0.319 e. The number of carbonyl (C=O) groups is 1. The summed E-state index contributed by atoms with van der Waals surface area (Å²) in [5, 5.41) is 26.0. The maximum absolute atomic E-state index is 12.3. The summed E-state index contributed by atoms with van der Waals surface area (Å²) in [5.74, 6) is 0. The highest BCUT2D eigenvalue weighted by molar-refractivity contribution is 7.13. The van der Waals surface area contributed by atoms with Gasteiger partial charge in [0, 0.05) is 11.6 Å². The van der Waals surface area contributed by atoms with Gasteiger partial charge in [-0.3, -0.25) is 5.10 Å². The second-order valence-electron chi connectivity index (χ2n) is 6.35. The molecule has 2 amide bonds. The number of nitrogens with zero attached hydrogens (tertiary/aromatic N) is 2. The molecule has 0 saturated carbocycles. The molecule has 0 aliphatic heterocycles. The number of carbonyl (C=O) groups excluding carboxylic acids is 1. The van der Waals surface area contributed by atoms with Crippen LogP contribution in [0.3, 0.4) is 0 Å². The number of fused-ring (bicyclic) bond motifs is 1. The van der Waals surface area contributed by atoms with Crippen molar-refractivity contribution in [2.45, 2.75) is 24.9 Å². The van der Waals surface area contributed by atoms with E-state index in [-0.39, 0.29) is 12.6 Å². The highest BCUT2D eigenvalue weighted by atomic mass is 32.1. The SMILES string of the molecule is O=C(NCC1(O)CCCc2ccccc21)Nc1cn[nH]c1-c1nccs1. The monoisotopic (exact) mass is 369 g/mol. The van der Waals surface area contributed by atoms with E-state index in [1.165, 1.54) is 11.3 Å². The van der Waals surface area contributed by atoms with E-state index < -0.39 is 5.60 Å². The molecule has 3 aromatic rings. The number of urea groups is 1. The van der Waals surface area contributed by atoms with Crippen LogP contribution in [0.5, 0.6) is 0 Å². The molecule has 4 rings (SSSR count). The molecule has 1 unspecified atom stereocenters. The number of thiazole rings is 1. The van der Waals surface area contributed by atoms with E-state index in [4.69, 9.17) is 0 Å². The minimum Gasteiger partial charge on any atom is -0.383 e. The van der Waals surface area contributed by atoms with Crippen LogP contribution in [0.2, 0.25) is 0 Å². The fourth-order valence-corrected chi connectivity index (χ4v) is 4.01. The fraction of sp³-hybridized carbons (Fsp3) is 0.278. The molecule has 0 spiro atoms. The molecule has 8 heteroatoms. The number of anilines is 1. The Hall–Kier alpha value is -2.71. The van der Waals surface area contributed by atoms with Crippen LogP contribution in [0.1, 0.15) is 24.0 Å². The molecule has 4 N–H and O–H groups in total. The average Bonchev–Trinajstić information content (AvgIpc) is 3.32. The summed E-state index contributed by atoms with van der Waals surface area (Å²) >= 11 is 1.46. The Labute approximate surface area is 154 Å². The zero-order valence-corrected chi connectivity index (χ0v) is 14.8. The molecule has 26 heavy (non-hydrogen) atoms. The van der Waals surface area contributed by atoms with Crippen LogP contribution in [0.4, 0.5) is 10.5 Å². The van der Waals surface area contributed by atoms with Gasteiger partial charge in [-0.2, -0.15) is 5.10 Å². The third kappa shape index (κ3) is 3.21. The van der Waals surface area contributed by atoms with Gasteiger partial charge in [0.2, 0.25) is 0 Å². The molecule has 2 heterocycles. The number of aryl methyl sites for hydroxylation is 1. The highest BCUT2D eigenvalue weighted by Gasteiger charge is 2.34. The van der Waals surface area contributed by atoms with Crippen LogP contribution in [-0.4, -0.2) is 32.9 Å². The molecule has 0 saturated heterocycles.